The molecule has 3 N–H and O–H groups in total. The average Bonchev–Trinajstić information content (AvgIpc) is 2.58. The summed E-state index contributed by atoms with van der Waals surface area (Å²) in [6.45, 7) is 0. The van der Waals surface area contributed by atoms with Gasteiger partial charge in [-0.15, -0.1) is 0 Å². The maximum atomic E-state index is 12.9. The highest BCUT2D eigenvalue weighted by Crippen LogP contribution is 2.23. The summed E-state index contributed by atoms with van der Waals surface area (Å²) in [5.74, 6) is 0.346. The molecule has 0 fully saturated rings. The molecule has 0 radical (unpaired) electrons. The molecule has 3 rings (SSSR count). The van der Waals surface area contributed by atoms with E-state index in [1.54, 1.807) is 30.5 Å². The van der Waals surface area contributed by atoms with E-state index < -0.39 is 0 Å². The number of hydrogen-bond donors (Lipinski definition) is 2. The summed E-state index contributed by atoms with van der Waals surface area (Å²) in [6, 6.07) is 11.2. The molecule has 0 saturated heterocycles. The maximum absolute atomic E-state index is 12.9. The Hall–Kier alpha value is -3.53. The van der Waals surface area contributed by atoms with Crippen LogP contribution in [0.5, 0.6) is 0 Å². The molecule has 0 atom stereocenters. The third kappa shape index (κ3) is 3.22. The fourth-order valence-electron chi connectivity index (χ4n) is 1.95. The number of benzene rings is 1. The van der Waals surface area contributed by atoms with Crippen LogP contribution >= 0.6 is 0 Å². The van der Waals surface area contributed by atoms with Gasteiger partial charge in [-0.2, -0.15) is 5.26 Å². The van der Waals surface area contributed by atoms with Crippen LogP contribution < -0.4 is 11.1 Å². The van der Waals surface area contributed by atoms with Gasteiger partial charge in [-0.05, 0) is 36.4 Å². The fourth-order valence-corrected chi connectivity index (χ4v) is 1.95. The standard InChI is InChI=1S/C16H11FN6/c17-12-2-4-13(5-3-12)22-16-21-9-11(7-18)15(23-16)10-1-6-14(19)20-8-10/h1-6,8-9H,(H2,19,20)(H,21,22,23). The average molecular weight is 306 g/mol. The van der Waals surface area contributed by atoms with Gasteiger partial charge in [0.25, 0.3) is 0 Å². The lowest BCUT2D eigenvalue weighted by molar-refractivity contribution is 0.628. The quantitative estimate of drug-likeness (QED) is 0.771. The van der Waals surface area contributed by atoms with Crippen LogP contribution in [-0.2, 0) is 0 Å². The molecular formula is C16H11FN6. The number of nitrogens with zero attached hydrogens (tertiary/aromatic N) is 4. The Morgan fingerprint density at radius 3 is 2.48 bits per heavy atom. The molecule has 7 heteroatoms. The Labute approximate surface area is 131 Å². The van der Waals surface area contributed by atoms with Gasteiger partial charge in [-0.25, -0.2) is 19.3 Å². The highest BCUT2D eigenvalue weighted by Gasteiger charge is 2.10. The van der Waals surface area contributed by atoms with Crippen molar-refractivity contribution in [3.05, 3.63) is 60.2 Å². The Morgan fingerprint density at radius 2 is 1.83 bits per heavy atom. The van der Waals surface area contributed by atoms with E-state index >= 15 is 0 Å². The van der Waals surface area contributed by atoms with E-state index in [0.29, 0.717) is 34.3 Å². The first-order valence-electron chi connectivity index (χ1n) is 6.67. The van der Waals surface area contributed by atoms with E-state index in [2.05, 4.69) is 20.3 Å². The van der Waals surface area contributed by atoms with Crippen LogP contribution in [0.1, 0.15) is 5.56 Å². The summed E-state index contributed by atoms with van der Waals surface area (Å²) in [6.07, 6.45) is 2.96. The topological polar surface area (TPSA) is 101 Å². The summed E-state index contributed by atoms with van der Waals surface area (Å²) >= 11 is 0. The van der Waals surface area contributed by atoms with Gasteiger partial charge in [0, 0.05) is 17.4 Å². The number of nitrogen functional groups attached to an aromatic ring is 1. The number of rotatable bonds is 3. The van der Waals surface area contributed by atoms with Crippen LogP contribution in [0.25, 0.3) is 11.3 Å². The van der Waals surface area contributed by atoms with Gasteiger partial charge in [0.1, 0.15) is 17.7 Å². The van der Waals surface area contributed by atoms with Gasteiger partial charge in [-0.3, -0.25) is 0 Å². The lowest BCUT2D eigenvalue weighted by atomic mass is 10.1. The molecule has 0 amide bonds. The second-order valence-corrected chi connectivity index (χ2v) is 4.67. The predicted molar refractivity (Wildman–Crippen MR) is 84.1 cm³/mol. The molecule has 0 unspecified atom stereocenters. The Bertz CT molecular complexity index is 869. The molecule has 0 saturated carbocycles. The smallest absolute Gasteiger partial charge is 0.227 e. The van der Waals surface area contributed by atoms with Crippen molar-refractivity contribution >= 4 is 17.5 Å². The zero-order chi connectivity index (χ0) is 16.2. The zero-order valence-corrected chi connectivity index (χ0v) is 11.9. The van der Waals surface area contributed by atoms with Crippen molar-refractivity contribution in [1.29, 1.82) is 5.26 Å². The highest BCUT2D eigenvalue weighted by molar-refractivity contribution is 5.68. The predicted octanol–water partition coefficient (Wildman–Crippen LogP) is 2.88. The van der Waals surface area contributed by atoms with Crippen LogP contribution in [-0.4, -0.2) is 15.0 Å². The number of nitriles is 1. The Morgan fingerprint density at radius 1 is 1.04 bits per heavy atom. The molecule has 6 nitrogen and oxygen atoms in total. The number of halogens is 1. The van der Waals surface area contributed by atoms with Gasteiger partial charge in [-0.1, -0.05) is 0 Å². The van der Waals surface area contributed by atoms with E-state index in [1.165, 1.54) is 18.3 Å². The first-order valence-corrected chi connectivity index (χ1v) is 6.67. The van der Waals surface area contributed by atoms with Crippen molar-refractivity contribution in [3.8, 4) is 17.3 Å². The van der Waals surface area contributed by atoms with Crippen LogP contribution in [0, 0.1) is 17.1 Å². The summed E-state index contributed by atoms with van der Waals surface area (Å²) in [4.78, 5) is 12.4. The molecule has 0 bridgehead atoms. The van der Waals surface area contributed by atoms with Crippen molar-refractivity contribution in [2.24, 2.45) is 0 Å². The van der Waals surface area contributed by atoms with Crippen molar-refractivity contribution < 1.29 is 4.39 Å². The molecule has 0 spiro atoms. The number of pyridine rings is 1. The van der Waals surface area contributed by atoms with Crippen molar-refractivity contribution in [1.82, 2.24) is 15.0 Å². The van der Waals surface area contributed by atoms with E-state index in [1.807, 2.05) is 6.07 Å². The molecule has 112 valence electrons. The molecule has 2 aromatic heterocycles. The summed E-state index contributed by atoms with van der Waals surface area (Å²) in [7, 11) is 0. The normalized spacial score (nSPS) is 10.1. The van der Waals surface area contributed by atoms with Gasteiger partial charge in [0.05, 0.1) is 17.5 Å². The molecule has 0 aliphatic heterocycles. The first kappa shape index (κ1) is 14.4. The number of nitrogens with two attached hydrogens (primary N) is 1. The number of aromatic nitrogens is 3. The zero-order valence-electron chi connectivity index (χ0n) is 11.9. The summed E-state index contributed by atoms with van der Waals surface area (Å²) in [5, 5.41) is 12.2. The number of hydrogen-bond acceptors (Lipinski definition) is 6. The molecule has 0 aliphatic carbocycles. The van der Waals surface area contributed by atoms with Gasteiger partial charge < -0.3 is 11.1 Å². The van der Waals surface area contributed by atoms with Crippen LogP contribution in [0.2, 0.25) is 0 Å². The molecule has 23 heavy (non-hydrogen) atoms. The van der Waals surface area contributed by atoms with Crippen LogP contribution in [0.3, 0.4) is 0 Å². The monoisotopic (exact) mass is 306 g/mol. The highest BCUT2D eigenvalue weighted by atomic mass is 19.1. The van der Waals surface area contributed by atoms with E-state index in [-0.39, 0.29) is 5.82 Å². The summed E-state index contributed by atoms with van der Waals surface area (Å²) in [5.41, 5.74) is 7.62. The van der Waals surface area contributed by atoms with Gasteiger partial charge >= 0.3 is 0 Å². The van der Waals surface area contributed by atoms with Gasteiger partial charge in [0.2, 0.25) is 5.95 Å². The second kappa shape index (κ2) is 6.07. The van der Waals surface area contributed by atoms with Crippen LogP contribution in [0.15, 0.2) is 48.8 Å². The minimum Gasteiger partial charge on any atom is -0.384 e. The molecule has 1 aromatic carbocycles. The minimum atomic E-state index is -0.329. The van der Waals surface area contributed by atoms with E-state index in [4.69, 9.17) is 5.73 Å². The number of nitrogens with one attached hydrogen (secondary N) is 1. The maximum Gasteiger partial charge on any atom is 0.227 e. The third-order valence-electron chi connectivity index (χ3n) is 3.07. The molecule has 2 heterocycles. The van der Waals surface area contributed by atoms with E-state index in [9.17, 15) is 9.65 Å². The van der Waals surface area contributed by atoms with Crippen molar-refractivity contribution in [3.63, 3.8) is 0 Å². The first-order chi connectivity index (χ1) is 11.2. The molecular weight excluding hydrogens is 295 g/mol. The fraction of sp³-hybridized carbons (Fsp3) is 0. The summed E-state index contributed by atoms with van der Waals surface area (Å²) < 4.78 is 12.9. The van der Waals surface area contributed by atoms with Crippen molar-refractivity contribution in [2.45, 2.75) is 0 Å². The van der Waals surface area contributed by atoms with E-state index in [0.717, 1.165) is 0 Å². The van der Waals surface area contributed by atoms with Gasteiger partial charge in [0.15, 0.2) is 0 Å². The lowest BCUT2D eigenvalue weighted by Gasteiger charge is -2.08. The van der Waals surface area contributed by atoms with Crippen LogP contribution in [0.4, 0.5) is 21.8 Å². The SMILES string of the molecule is N#Cc1cnc(Nc2ccc(F)cc2)nc1-c1ccc(N)nc1. The lowest BCUT2D eigenvalue weighted by Crippen LogP contribution is -2.01. The van der Waals surface area contributed by atoms with Crippen molar-refractivity contribution in [2.75, 3.05) is 11.1 Å². The Balaban J connectivity index is 1.97. The third-order valence-corrected chi connectivity index (χ3v) is 3.07. The largest absolute Gasteiger partial charge is 0.384 e. The minimum absolute atomic E-state index is 0.294. The Kier molecular flexibility index (Phi) is 3.80. The number of anilines is 3. The molecule has 0 aliphatic rings. The second-order valence-electron chi connectivity index (χ2n) is 4.67. The molecule has 3 aromatic rings.